The molecule has 1 N–H and O–H groups in total. The molecular weight excluding hydrogens is 348 g/mol. The van der Waals surface area contributed by atoms with E-state index in [-0.39, 0.29) is 17.7 Å². The number of amides is 2. The Balaban J connectivity index is 1.67. The van der Waals surface area contributed by atoms with Gasteiger partial charge in [0.05, 0.1) is 5.92 Å². The molecule has 5 heteroatoms. The normalized spacial score (nSPS) is 17.0. The quantitative estimate of drug-likeness (QED) is 0.867. The summed E-state index contributed by atoms with van der Waals surface area (Å²) in [6.07, 6.45) is 1.60. The summed E-state index contributed by atoms with van der Waals surface area (Å²) in [6, 6.07) is 12.9. The van der Waals surface area contributed by atoms with Gasteiger partial charge in [0.15, 0.2) is 0 Å². The van der Waals surface area contributed by atoms with Crippen LogP contribution in [0.15, 0.2) is 42.5 Å². The van der Waals surface area contributed by atoms with Crippen molar-refractivity contribution in [3.05, 3.63) is 64.2 Å². The van der Waals surface area contributed by atoms with Gasteiger partial charge in [-0.1, -0.05) is 23.7 Å². The summed E-state index contributed by atoms with van der Waals surface area (Å²) in [5.74, 6) is -0.303. The first-order valence-electron chi connectivity index (χ1n) is 8.86. The Bertz CT molecular complexity index is 814. The van der Waals surface area contributed by atoms with Gasteiger partial charge in [-0.25, -0.2) is 0 Å². The molecule has 1 saturated heterocycles. The molecule has 1 atom stereocenters. The van der Waals surface area contributed by atoms with Crippen molar-refractivity contribution in [2.24, 2.45) is 5.92 Å². The highest BCUT2D eigenvalue weighted by molar-refractivity contribution is 6.30. The number of carbonyl (C=O) groups excluding carboxylic acids is 2. The SMILES string of the molecule is Cc1cc(C)cc(NC(=O)[C@H]2CCCN(C(=O)c3cccc(Cl)c3)C2)c1. The predicted molar refractivity (Wildman–Crippen MR) is 105 cm³/mol. The lowest BCUT2D eigenvalue weighted by Gasteiger charge is -2.32. The monoisotopic (exact) mass is 370 g/mol. The van der Waals surface area contributed by atoms with E-state index < -0.39 is 0 Å². The van der Waals surface area contributed by atoms with Crippen LogP contribution in [0.1, 0.15) is 34.3 Å². The van der Waals surface area contributed by atoms with Crippen LogP contribution >= 0.6 is 11.6 Å². The first-order valence-corrected chi connectivity index (χ1v) is 9.24. The molecular formula is C21H23ClN2O2. The van der Waals surface area contributed by atoms with Crippen LogP contribution in [0.2, 0.25) is 5.02 Å². The second kappa shape index (κ2) is 7.92. The summed E-state index contributed by atoms with van der Waals surface area (Å²) in [6.45, 7) is 5.12. The van der Waals surface area contributed by atoms with Crippen molar-refractivity contribution >= 4 is 29.1 Å². The van der Waals surface area contributed by atoms with Crippen LogP contribution in [0.4, 0.5) is 5.69 Å². The van der Waals surface area contributed by atoms with Crippen molar-refractivity contribution in [1.29, 1.82) is 0 Å². The van der Waals surface area contributed by atoms with Crippen molar-refractivity contribution in [2.45, 2.75) is 26.7 Å². The molecule has 0 aliphatic carbocycles. The molecule has 0 bridgehead atoms. The average Bonchev–Trinajstić information content (AvgIpc) is 2.60. The predicted octanol–water partition coefficient (Wildman–Crippen LogP) is 4.45. The molecule has 1 fully saturated rings. The maximum atomic E-state index is 12.7. The van der Waals surface area contributed by atoms with Gasteiger partial charge in [-0.2, -0.15) is 0 Å². The Morgan fingerprint density at radius 1 is 1.12 bits per heavy atom. The van der Waals surface area contributed by atoms with E-state index in [1.165, 1.54) is 0 Å². The summed E-state index contributed by atoms with van der Waals surface area (Å²) in [5, 5.41) is 3.54. The number of likely N-dealkylation sites (tertiary alicyclic amines) is 1. The number of anilines is 1. The average molecular weight is 371 g/mol. The Labute approximate surface area is 159 Å². The number of halogens is 1. The minimum Gasteiger partial charge on any atom is -0.338 e. The molecule has 0 saturated carbocycles. The number of nitrogens with one attached hydrogen (secondary N) is 1. The molecule has 0 radical (unpaired) electrons. The molecule has 3 rings (SSSR count). The molecule has 0 spiro atoms. The van der Waals surface area contributed by atoms with Gasteiger partial charge in [0, 0.05) is 29.4 Å². The summed E-state index contributed by atoms with van der Waals surface area (Å²) in [5.41, 5.74) is 3.60. The molecule has 1 aliphatic heterocycles. The van der Waals surface area contributed by atoms with Crippen LogP contribution in [0, 0.1) is 19.8 Å². The van der Waals surface area contributed by atoms with Gasteiger partial charge in [-0.3, -0.25) is 9.59 Å². The van der Waals surface area contributed by atoms with Crippen molar-refractivity contribution in [1.82, 2.24) is 4.90 Å². The minimum atomic E-state index is -0.201. The van der Waals surface area contributed by atoms with Gasteiger partial charge in [-0.05, 0) is 68.1 Å². The zero-order valence-electron chi connectivity index (χ0n) is 15.1. The third-order valence-corrected chi connectivity index (χ3v) is 4.88. The van der Waals surface area contributed by atoms with E-state index in [4.69, 9.17) is 11.6 Å². The van der Waals surface area contributed by atoms with Crippen molar-refractivity contribution in [3.8, 4) is 0 Å². The zero-order chi connectivity index (χ0) is 18.7. The minimum absolute atomic E-state index is 0.0291. The number of hydrogen-bond acceptors (Lipinski definition) is 2. The van der Waals surface area contributed by atoms with Crippen LogP contribution in [0.5, 0.6) is 0 Å². The zero-order valence-corrected chi connectivity index (χ0v) is 15.8. The fraction of sp³-hybridized carbons (Fsp3) is 0.333. The van der Waals surface area contributed by atoms with E-state index in [2.05, 4.69) is 11.4 Å². The van der Waals surface area contributed by atoms with Crippen LogP contribution in [0.25, 0.3) is 0 Å². The highest BCUT2D eigenvalue weighted by atomic mass is 35.5. The smallest absolute Gasteiger partial charge is 0.253 e. The highest BCUT2D eigenvalue weighted by Gasteiger charge is 2.29. The van der Waals surface area contributed by atoms with E-state index in [9.17, 15) is 9.59 Å². The second-order valence-electron chi connectivity index (χ2n) is 6.97. The lowest BCUT2D eigenvalue weighted by molar-refractivity contribution is -0.121. The van der Waals surface area contributed by atoms with E-state index in [0.29, 0.717) is 23.7 Å². The molecule has 2 aromatic rings. The fourth-order valence-electron chi connectivity index (χ4n) is 3.47. The molecule has 136 valence electrons. The molecule has 2 aromatic carbocycles. The topological polar surface area (TPSA) is 49.4 Å². The number of nitrogens with zero attached hydrogens (tertiary/aromatic N) is 1. The molecule has 2 amide bonds. The van der Waals surface area contributed by atoms with Gasteiger partial charge in [0.1, 0.15) is 0 Å². The third-order valence-electron chi connectivity index (χ3n) is 4.64. The number of aryl methyl sites for hydroxylation is 2. The van der Waals surface area contributed by atoms with Gasteiger partial charge >= 0.3 is 0 Å². The standard InChI is InChI=1S/C21H23ClN2O2/c1-14-9-15(2)11-19(10-14)23-20(25)17-6-4-8-24(13-17)21(26)16-5-3-7-18(22)12-16/h3,5,7,9-12,17H,4,6,8,13H2,1-2H3,(H,23,25)/t17-/m0/s1. The van der Waals surface area contributed by atoms with Crippen LogP contribution in [-0.4, -0.2) is 29.8 Å². The van der Waals surface area contributed by atoms with E-state index in [1.807, 2.05) is 26.0 Å². The summed E-state index contributed by atoms with van der Waals surface area (Å²) >= 11 is 5.99. The first kappa shape index (κ1) is 18.5. The number of carbonyl (C=O) groups is 2. The fourth-order valence-corrected chi connectivity index (χ4v) is 3.66. The molecule has 1 heterocycles. The van der Waals surface area contributed by atoms with Crippen LogP contribution in [0.3, 0.4) is 0 Å². The molecule has 1 aliphatic rings. The van der Waals surface area contributed by atoms with Crippen LogP contribution in [-0.2, 0) is 4.79 Å². The summed E-state index contributed by atoms with van der Waals surface area (Å²) in [7, 11) is 0. The Morgan fingerprint density at radius 2 is 1.85 bits per heavy atom. The number of benzene rings is 2. The highest BCUT2D eigenvalue weighted by Crippen LogP contribution is 2.22. The van der Waals surface area contributed by atoms with Crippen molar-refractivity contribution in [3.63, 3.8) is 0 Å². The lowest BCUT2D eigenvalue weighted by atomic mass is 9.96. The van der Waals surface area contributed by atoms with E-state index >= 15 is 0 Å². The van der Waals surface area contributed by atoms with Gasteiger partial charge < -0.3 is 10.2 Å². The third kappa shape index (κ3) is 4.44. The van der Waals surface area contributed by atoms with E-state index in [1.54, 1.807) is 29.2 Å². The largest absolute Gasteiger partial charge is 0.338 e. The Kier molecular flexibility index (Phi) is 5.62. The molecule has 4 nitrogen and oxygen atoms in total. The Hall–Kier alpha value is -2.33. The first-order chi connectivity index (χ1) is 12.4. The summed E-state index contributed by atoms with van der Waals surface area (Å²) < 4.78 is 0. The van der Waals surface area contributed by atoms with Gasteiger partial charge in [0.25, 0.3) is 5.91 Å². The molecule has 0 aromatic heterocycles. The number of piperidine rings is 1. The number of rotatable bonds is 3. The van der Waals surface area contributed by atoms with Crippen molar-refractivity contribution in [2.75, 3.05) is 18.4 Å². The molecule has 0 unspecified atom stereocenters. The maximum Gasteiger partial charge on any atom is 0.253 e. The van der Waals surface area contributed by atoms with Gasteiger partial charge in [0.2, 0.25) is 5.91 Å². The van der Waals surface area contributed by atoms with Gasteiger partial charge in [-0.15, -0.1) is 0 Å². The van der Waals surface area contributed by atoms with E-state index in [0.717, 1.165) is 29.7 Å². The number of hydrogen-bond donors (Lipinski definition) is 1. The second-order valence-corrected chi connectivity index (χ2v) is 7.40. The lowest BCUT2D eigenvalue weighted by Crippen LogP contribution is -2.43. The van der Waals surface area contributed by atoms with Crippen molar-refractivity contribution < 1.29 is 9.59 Å². The summed E-state index contributed by atoms with van der Waals surface area (Å²) in [4.78, 5) is 27.1. The maximum absolute atomic E-state index is 12.7. The van der Waals surface area contributed by atoms with Crippen LogP contribution < -0.4 is 5.32 Å². The molecule has 26 heavy (non-hydrogen) atoms. The Morgan fingerprint density at radius 3 is 2.54 bits per heavy atom.